The van der Waals surface area contributed by atoms with E-state index in [1.807, 2.05) is 0 Å². The molecular formula is C18H19F2N3O2. The van der Waals surface area contributed by atoms with Crippen LogP contribution in [0.4, 0.5) is 8.78 Å². The van der Waals surface area contributed by atoms with E-state index in [1.54, 1.807) is 31.2 Å². The average Bonchev–Trinajstić information content (AvgIpc) is 2.80. The summed E-state index contributed by atoms with van der Waals surface area (Å²) < 4.78 is 29.0. The zero-order valence-corrected chi connectivity index (χ0v) is 13.9. The Morgan fingerprint density at radius 3 is 2.48 bits per heavy atom. The lowest BCUT2D eigenvalue weighted by Gasteiger charge is -2.27. The van der Waals surface area contributed by atoms with E-state index in [0.29, 0.717) is 11.1 Å². The molecule has 1 atom stereocenters. The van der Waals surface area contributed by atoms with Gasteiger partial charge in [0.05, 0.1) is 0 Å². The van der Waals surface area contributed by atoms with Crippen molar-refractivity contribution in [1.82, 2.24) is 4.90 Å². The number of nitrogens with two attached hydrogens (primary N) is 1. The quantitative estimate of drug-likeness (QED) is 0.805. The fraction of sp³-hybridized carbons (Fsp3) is 0.222. The van der Waals surface area contributed by atoms with Crippen LogP contribution in [0.5, 0.6) is 5.75 Å². The summed E-state index contributed by atoms with van der Waals surface area (Å²) in [5.41, 5.74) is 5.51. The normalized spacial score (nSPS) is 21.2. The molecule has 0 unspecified atom stereocenters. The smallest absolute Gasteiger partial charge is 0.387 e. The number of hydrogen-bond donors (Lipinski definition) is 1. The number of allylic oxidation sites excluding steroid dienone is 3. The monoisotopic (exact) mass is 347 g/mol. The molecule has 0 fully saturated rings. The number of nitrogens with zero attached hydrogens (tertiary/aromatic N) is 2. The molecule has 0 saturated carbocycles. The minimum atomic E-state index is -2.92. The number of carbonyl (C=O) groups excluding carboxylic acids is 1. The maximum Gasteiger partial charge on any atom is 0.387 e. The second-order valence-corrected chi connectivity index (χ2v) is 5.31. The number of aliphatic imine (C=N–C) groups is 1. The van der Waals surface area contributed by atoms with Crippen molar-refractivity contribution in [2.45, 2.75) is 19.1 Å². The van der Waals surface area contributed by atoms with Gasteiger partial charge in [-0.05, 0) is 30.2 Å². The summed E-state index contributed by atoms with van der Waals surface area (Å²) in [4.78, 5) is 18.6. The van der Waals surface area contributed by atoms with Gasteiger partial charge in [0, 0.05) is 7.05 Å². The third kappa shape index (κ3) is 3.31. The number of alkyl halides is 2. The Hall–Kier alpha value is -2.96. The van der Waals surface area contributed by atoms with Gasteiger partial charge >= 0.3 is 6.61 Å². The van der Waals surface area contributed by atoms with Gasteiger partial charge in [0.2, 0.25) is 0 Å². The van der Waals surface area contributed by atoms with Crippen LogP contribution in [0.2, 0.25) is 0 Å². The SMILES string of the molecule is C=C/C=C(\C=C/C)[C@]1(c2ccc(OC(F)F)cc2)N=C(N)N(C)C1=O. The van der Waals surface area contributed by atoms with Crippen LogP contribution < -0.4 is 10.5 Å². The van der Waals surface area contributed by atoms with Crippen LogP contribution in [-0.2, 0) is 10.3 Å². The van der Waals surface area contributed by atoms with Crippen molar-refractivity contribution in [3.05, 3.63) is 66.3 Å². The topological polar surface area (TPSA) is 67.9 Å². The van der Waals surface area contributed by atoms with Crippen LogP contribution in [0.25, 0.3) is 0 Å². The van der Waals surface area contributed by atoms with E-state index in [4.69, 9.17) is 5.73 Å². The summed E-state index contributed by atoms with van der Waals surface area (Å²) in [5.74, 6) is -0.291. The molecule has 0 spiro atoms. The molecule has 2 N–H and O–H groups in total. The van der Waals surface area contributed by atoms with Crippen LogP contribution in [0.15, 0.2) is 65.7 Å². The summed E-state index contributed by atoms with van der Waals surface area (Å²) in [6, 6.07) is 5.77. The van der Waals surface area contributed by atoms with Gasteiger partial charge in [-0.15, -0.1) is 0 Å². The number of hydrogen-bond acceptors (Lipinski definition) is 4. The molecule has 1 aromatic carbocycles. The Labute approximate surface area is 144 Å². The summed E-state index contributed by atoms with van der Waals surface area (Å²) in [5, 5.41) is 0. The Balaban J connectivity index is 2.63. The van der Waals surface area contributed by atoms with Gasteiger partial charge < -0.3 is 10.5 Å². The first-order chi connectivity index (χ1) is 11.9. The van der Waals surface area contributed by atoms with Gasteiger partial charge in [-0.2, -0.15) is 8.78 Å². The van der Waals surface area contributed by atoms with Gasteiger partial charge in [0.1, 0.15) is 5.75 Å². The number of rotatable bonds is 6. The van der Waals surface area contributed by atoms with Crippen molar-refractivity contribution in [2.24, 2.45) is 10.7 Å². The number of guanidine groups is 1. The molecule has 1 aliphatic rings. The van der Waals surface area contributed by atoms with Crippen molar-refractivity contribution in [3.63, 3.8) is 0 Å². The fourth-order valence-corrected chi connectivity index (χ4v) is 2.66. The molecule has 0 bridgehead atoms. The second kappa shape index (κ2) is 7.29. The van der Waals surface area contributed by atoms with E-state index < -0.39 is 12.2 Å². The lowest BCUT2D eigenvalue weighted by Crippen LogP contribution is -2.41. The maximum atomic E-state index is 13.0. The summed E-state index contributed by atoms with van der Waals surface area (Å²) in [6.45, 7) is 2.55. The summed E-state index contributed by atoms with van der Waals surface area (Å²) >= 11 is 0. The standard InChI is InChI=1S/C18H19F2N3O2/c1-4-6-12(7-5-2)18(15(24)23(3)17(21)22-18)13-8-10-14(11-9-13)25-16(19)20/h4-11,16H,1H2,2-3H3,(H2,21,22)/b7-5-,12-6+/t18-/m1/s1. The number of halogens is 2. The van der Waals surface area contributed by atoms with Gasteiger partial charge in [-0.25, -0.2) is 4.99 Å². The van der Waals surface area contributed by atoms with Crippen LogP contribution >= 0.6 is 0 Å². The first-order valence-electron chi connectivity index (χ1n) is 7.51. The van der Waals surface area contributed by atoms with E-state index in [2.05, 4.69) is 16.3 Å². The molecule has 1 aliphatic heterocycles. The molecule has 1 aromatic rings. The van der Waals surface area contributed by atoms with Crippen LogP contribution in [0.3, 0.4) is 0 Å². The highest BCUT2D eigenvalue weighted by Crippen LogP contribution is 2.40. The molecular weight excluding hydrogens is 328 g/mol. The number of ether oxygens (including phenoxy) is 1. The minimum Gasteiger partial charge on any atom is -0.435 e. The van der Waals surface area contributed by atoms with E-state index in [0.717, 1.165) is 0 Å². The van der Waals surface area contributed by atoms with E-state index >= 15 is 0 Å². The maximum absolute atomic E-state index is 13.0. The van der Waals surface area contributed by atoms with Crippen molar-refractivity contribution in [3.8, 4) is 5.75 Å². The van der Waals surface area contributed by atoms with Gasteiger partial charge in [-0.3, -0.25) is 9.69 Å². The molecule has 5 nitrogen and oxygen atoms in total. The lowest BCUT2D eigenvalue weighted by atomic mass is 9.81. The van der Waals surface area contributed by atoms with Crippen molar-refractivity contribution < 1.29 is 18.3 Å². The molecule has 1 heterocycles. The largest absolute Gasteiger partial charge is 0.435 e. The highest BCUT2D eigenvalue weighted by atomic mass is 19.3. The molecule has 0 radical (unpaired) electrons. The Kier molecular flexibility index (Phi) is 5.36. The molecule has 0 aliphatic carbocycles. The van der Waals surface area contributed by atoms with E-state index in [9.17, 15) is 13.6 Å². The van der Waals surface area contributed by atoms with E-state index in [1.165, 1.54) is 36.2 Å². The highest BCUT2D eigenvalue weighted by molar-refractivity contribution is 6.09. The molecule has 7 heteroatoms. The van der Waals surface area contributed by atoms with Crippen LogP contribution in [0.1, 0.15) is 12.5 Å². The Morgan fingerprint density at radius 2 is 2.04 bits per heavy atom. The van der Waals surface area contributed by atoms with Gasteiger partial charge in [0.25, 0.3) is 5.91 Å². The third-order valence-corrected chi connectivity index (χ3v) is 3.80. The first kappa shape index (κ1) is 18.4. The molecule has 25 heavy (non-hydrogen) atoms. The highest BCUT2D eigenvalue weighted by Gasteiger charge is 2.49. The predicted octanol–water partition coefficient (Wildman–Crippen LogP) is 2.96. The third-order valence-electron chi connectivity index (χ3n) is 3.80. The summed E-state index contributed by atoms with van der Waals surface area (Å²) in [6.07, 6.45) is 6.71. The van der Waals surface area contributed by atoms with Crippen LogP contribution in [0, 0.1) is 0 Å². The second-order valence-electron chi connectivity index (χ2n) is 5.31. The van der Waals surface area contributed by atoms with Crippen molar-refractivity contribution >= 4 is 11.9 Å². The Morgan fingerprint density at radius 1 is 1.40 bits per heavy atom. The number of amides is 1. The van der Waals surface area contributed by atoms with Gasteiger partial charge in [0.15, 0.2) is 11.5 Å². The van der Waals surface area contributed by atoms with Crippen LogP contribution in [-0.4, -0.2) is 30.4 Å². The first-order valence-corrected chi connectivity index (χ1v) is 7.51. The van der Waals surface area contributed by atoms with Crippen molar-refractivity contribution in [1.29, 1.82) is 0 Å². The van der Waals surface area contributed by atoms with Crippen molar-refractivity contribution in [2.75, 3.05) is 7.05 Å². The Bertz CT molecular complexity index is 754. The van der Waals surface area contributed by atoms with Gasteiger partial charge in [-0.1, -0.05) is 43.0 Å². The molecule has 0 aromatic heterocycles. The lowest BCUT2D eigenvalue weighted by molar-refractivity contribution is -0.129. The zero-order chi connectivity index (χ0) is 18.6. The number of benzene rings is 1. The fourth-order valence-electron chi connectivity index (χ4n) is 2.66. The average molecular weight is 347 g/mol. The molecule has 0 saturated heterocycles. The van der Waals surface area contributed by atoms with E-state index in [-0.39, 0.29) is 17.6 Å². The molecule has 2 rings (SSSR count). The predicted molar refractivity (Wildman–Crippen MR) is 92.2 cm³/mol. The molecule has 1 amide bonds. The zero-order valence-electron chi connectivity index (χ0n) is 13.9. The number of carbonyl (C=O) groups is 1. The number of likely N-dealkylation sites (N-methyl/N-ethyl adjacent to an activating group) is 1. The minimum absolute atomic E-state index is 0.00932. The summed E-state index contributed by atoms with van der Waals surface area (Å²) in [7, 11) is 1.53. The molecule has 132 valence electrons.